The molecule has 1 heterocycles. The summed E-state index contributed by atoms with van der Waals surface area (Å²) in [5.41, 5.74) is 0. The van der Waals surface area contributed by atoms with Crippen molar-refractivity contribution in [2.75, 3.05) is 0 Å². The van der Waals surface area contributed by atoms with E-state index in [2.05, 4.69) is 6.92 Å². The molecule has 0 aromatic carbocycles. The smallest absolute Gasteiger partial charge is 0.375 e. The lowest BCUT2D eigenvalue weighted by Gasteiger charge is -2.19. The molecule has 78 valence electrons. The summed E-state index contributed by atoms with van der Waals surface area (Å²) in [6, 6.07) is 0. The van der Waals surface area contributed by atoms with Crippen LogP contribution in [0.4, 0.5) is 0 Å². The predicted octanol–water partition coefficient (Wildman–Crippen LogP) is 1.02. The lowest BCUT2D eigenvalue weighted by Crippen LogP contribution is -2.38. The van der Waals surface area contributed by atoms with Crippen molar-refractivity contribution in [1.29, 1.82) is 0 Å². The first kappa shape index (κ1) is 10.9. The molecule has 1 aliphatic heterocycles. The van der Waals surface area contributed by atoms with Gasteiger partial charge in [0.1, 0.15) is 0 Å². The van der Waals surface area contributed by atoms with Gasteiger partial charge in [-0.25, -0.2) is 4.79 Å². The fourth-order valence-corrected chi connectivity index (χ4v) is 1.40. The summed E-state index contributed by atoms with van der Waals surface area (Å²) in [4.78, 5) is 32.9. The van der Waals surface area contributed by atoms with Crippen LogP contribution in [0.1, 0.15) is 39.0 Å². The van der Waals surface area contributed by atoms with Gasteiger partial charge in [-0.1, -0.05) is 19.8 Å². The molecule has 4 nitrogen and oxygen atoms in total. The lowest BCUT2D eigenvalue weighted by atomic mass is 10.0. The molecule has 0 aliphatic carbocycles. The van der Waals surface area contributed by atoms with Gasteiger partial charge in [0.25, 0.3) is 0 Å². The van der Waals surface area contributed by atoms with E-state index in [4.69, 9.17) is 4.74 Å². The van der Waals surface area contributed by atoms with Gasteiger partial charge in [-0.3, -0.25) is 9.59 Å². The number of cyclic esters (lactones) is 1. The molecule has 0 aromatic heterocycles. The average Bonchev–Trinajstić information content (AvgIpc) is 2.14. The van der Waals surface area contributed by atoms with Gasteiger partial charge < -0.3 is 4.74 Å². The Morgan fingerprint density at radius 3 is 2.64 bits per heavy atom. The van der Waals surface area contributed by atoms with Crippen molar-refractivity contribution in [1.82, 2.24) is 0 Å². The normalized spacial score (nSPS) is 22.4. The van der Waals surface area contributed by atoms with E-state index in [1.165, 1.54) is 0 Å². The van der Waals surface area contributed by atoms with Gasteiger partial charge in [0.15, 0.2) is 11.9 Å². The molecule has 1 atom stereocenters. The third-order valence-electron chi connectivity index (χ3n) is 2.24. The summed E-state index contributed by atoms with van der Waals surface area (Å²) in [6.07, 6.45) is 2.51. The number of hydrogen-bond donors (Lipinski definition) is 0. The topological polar surface area (TPSA) is 60.4 Å². The Morgan fingerprint density at radius 2 is 2.00 bits per heavy atom. The zero-order valence-electron chi connectivity index (χ0n) is 8.25. The van der Waals surface area contributed by atoms with E-state index in [9.17, 15) is 14.4 Å². The highest BCUT2D eigenvalue weighted by molar-refractivity contribution is 6.39. The maximum Gasteiger partial charge on any atom is 0.375 e. The molecule has 1 fully saturated rings. The quantitative estimate of drug-likeness (QED) is 0.293. The second-order valence-electron chi connectivity index (χ2n) is 3.46. The van der Waals surface area contributed by atoms with E-state index in [-0.39, 0.29) is 12.2 Å². The van der Waals surface area contributed by atoms with Crippen LogP contribution in [-0.2, 0) is 19.1 Å². The molecule has 1 rings (SSSR count). The van der Waals surface area contributed by atoms with E-state index in [0.29, 0.717) is 6.42 Å². The molecule has 0 saturated carbocycles. The Labute approximate surface area is 82.6 Å². The van der Waals surface area contributed by atoms with Gasteiger partial charge in [0.05, 0.1) is 6.42 Å². The monoisotopic (exact) mass is 198 g/mol. The molecule has 0 amide bonds. The van der Waals surface area contributed by atoms with Crippen LogP contribution in [0.3, 0.4) is 0 Å². The first-order valence-electron chi connectivity index (χ1n) is 4.91. The summed E-state index contributed by atoms with van der Waals surface area (Å²) in [7, 11) is 0. The molecule has 0 bridgehead atoms. The number of hydrogen-bond acceptors (Lipinski definition) is 4. The predicted molar refractivity (Wildman–Crippen MR) is 48.7 cm³/mol. The minimum absolute atomic E-state index is 0.259. The number of unbranched alkanes of at least 4 members (excludes halogenated alkanes) is 2. The molecule has 14 heavy (non-hydrogen) atoms. The molecule has 0 radical (unpaired) electrons. The highest BCUT2D eigenvalue weighted by Gasteiger charge is 2.34. The fourth-order valence-electron chi connectivity index (χ4n) is 1.40. The molecule has 1 unspecified atom stereocenters. The first-order valence-corrected chi connectivity index (χ1v) is 4.91. The van der Waals surface area contributed by atoms with Gasteiger partial charge in [-0.2, -0.15) is 0 Å². The number of esters is 1. The van der Waals surface area contributed by atoms with Crippen LogP contribution in [0.25, 0.3) is 0 Å². The van der Waals surface area contributed by atoms with Gasteiger partial charge >= 0.3 is 5.97 Å². The Balaban J connectivity index is 2.41. The highest BCUT2D eigenvalue weighted by Crippen LogP contribution is 2.14. The van der Waals surface area contributed by atoms with Crippen LogP contribution in [0, 0.1) is 0 Å². The van der Waals surface area contributed by atoms with Crippen molar-refractivity contribution in [3.05, 3.63) is 0 Å². The summed E-state index contributed by atoms with van der Waals surface area (Å²) in [6.45, 7) is 2.05. The summed E-state index contributed by atoms with van der Waals surface area (Å²) in [5, 5.41) is 0. The van der Waals surface area contributed by atoms with E-state index >= 15 is 0 Å². The Bertz CT molecular complexity index is 257. The minimum Gasteiger partial charge on any atom is -0.449 e. The van der Waals surface area contributed by atoms with Crippen LogP contribution in [0.15, 0.2) is 0 Å². The zero-order chi connectivity index (χ0) is 10.6. The molecule has 0 spiro atoms. The van der Waals surface area contributed by atoms with Crippen molar-refractivity contribution < 1.29 is 19.1 Å². The van der Waals surface area contributed by atoms with Crippen LogP contribution < -0.4 is 0 Å². The van der Waals surface area contributed by atoms with E-state index in [1.54, 1.807) is 0 Å². The van der Waals surface area contributed by atoms with Gasteiger partial charge in [-0.15, -0.1) is 0 Å². The molecule has 0 N–H and O–H groups in total. The minimum atomic E-state index is -0.855. The zero-order valence-corrected chi connectivity index (χ0v) is 8.25. The van der Waals surface area contributed by atoms with Crippen molar-refractivity contribution in [2.45, 2.75) is 45.1 Å². The number of ketones is 2. The third-order valence-corrected chi connectivity index (χ3v) is 2.24. The fraction of sp³-hybridized carbons (Fsp3) is 0.700. The van der Waals surface area contributed by atoms with E-state index in [1.807, 2.05) is 0 Å². The van der Waals surface area contributed by atoms with Gasteiger partial charge in [0.2, 0.25) is 5.78 Å². The molecule has 1 saturated heterocycles. The van der Waals surface area contributed by atoms with Crippen molar-refractivity contribution in [3.63, 3.8) is 0 Å². The highest BCUT2D eigenvalue weighted by atomic mass is 16.6. The number of Topliss-reactive ketones (excluding diaryl/α,β-unsaturated/α-hetero) is 2. The van der Waals surface area contributed by atoms with E-state index < -0.39 is 17.9 Å². The van der Waals surface area contributed by atoms with Crippen LogP contribution in [0.2, 0.25) is 0 Å². The van der Waals surface area contributed by atoms with Crippen molar-refractivity contribution in [2.24, 2.45) is 0 Å². The second-order valence-corrected chi connectivity index (χ2v) is 3.46. The Kier molecular flexibility index (Phi) is 3.80. The lowest BCUT2D eigenvalue weighted by molar-refractivity contribution is -0.167. The first-order chi connectivity index (χ1) is 6.65. The maximum absolute atomic E-state index is 11.2. The van der Waals surface area contributed by atoms with Gasteiger partial charge in [-0.05, 0) is 12.8 Å². The van der Waals surface area contributed by atoms with Crippen LogP contribution in [0.5, 0.6) is 0 Å². The number of carbonyl (C=O) groups is 3. The summed E-state index contributed by atoms with van der Waals surface area (Å²) >= 11 is 0. The molecular weight excluding hydrogens is 184 g/mol. The molecule has 4 heteroatoms. The molecular formula is C10H14O4. The summed E-state index contributed by atoms with van der Waals surface area (Å²) in [5.74, 6) is -1.83. The average molecular weight is 198 g/mol. The summed E-state index contributed by atoms with van der Waals surface area (Å²) < 4.78 is 4.72. The van der Waals surface area contributed by atoms with Crippen molar-refractivity contribution in [3.8, 4) is 0 Å². The Morgan fingerprint density at radius 1 is 1.29 bits per heavy atom. The maximum atomic E-state index is 11.2. The number of rotatable bonds is 4. The largest absolute Gasteiger partial charge is 0.449 e. The Hall–Kier alpha value is -1.19. The molecule has 1 aliphatic rings. The number of carbonyl (C=O) groups excluding carboxylic acids is 3. The SMILES string of the molecule is CCCCCC1OC(=O)C(=O)CC1=O. The van der Waals surface area contributed by atoms with Crippen molar-refractivity contribution >= 4 is 17.5 Å². The third kappa shape index (κ3) is 2.65. The van der Waals surface area contributed by atoms with Crippen LogP contribution >= 0.6 is 0 Å². The van der Waals surface area contributed by atoms with Gasteiger partial charge in [0, 0.05) is 0 Å². The number of ether oxygens (including phenoxy) is 1. The van der Waals surface area contributed by atoms with E-state index in [0.717, 1.165) is 19.3 Å². The van der Waals surface area contributed by atoms with Crippen LogP contribution in [-0.4, -0.2) is 23.6 Å². The second kappa shape index (κ2) is 4.88. The standard InChI is InChI=1S/C10H14O4/c1-2-3-4-5-9-7(11)6-8(12)10(13)14-9/h9H,2-6H2,1H3. The molecule has 0 aromatic rings.